The van der Waals surface area contributed by atoms with Crippen molar-refractivity contribution in [2.24, 2.45) is 0 Å². The molecule has 0 saturated carbocycles. The summed E-state index contributed by atoms with van der Waals surface area (Å²) in [7, 11) is -1.61. The topological polar surface area (TPSA) is 43.6 Å². The molecule has 4 aromatic heterocycles. The molecule has 55 heavy (non-hydrogen) atoms. The van der Waals surface area contributed by atoms with Crippen molar-refractivity contribution in [3.8, 4) is 22.6 Å². The molecule has 0 spiro atoms. The summed E-state index contributed by atoms with van der Waals surface area (Å²) in [5, 5.41) is 5.53. The van der Waals surface area contributed by atoms with Crippen molar-refractivity contribution in [1.29, 1.82) is 0 Å². The van der Waals surface area contributed by atoms with Gasteiger partial charge in [0.1, 0.15) is 4.83 Å². The molecule has 0 aliphatic carbocycles. The Morgan fingerprint density at radius 2 is 1.64 bits per heavy atom. The fourth-order valence-corrected chi connectivity index (χ4v) is 9.63. The largest absolute Gasteiger partial charge is 0.360 e. The zero-order chi connectivity index (χ0) is 41.0. The van der Waals surface area contributed by atoms with E-state index in [0.717, 1.165) is 60.1 Å². The number of fused-ring (bicyclic) bond motifs is 5. The molecule has 0 saturated heterocycles. The molecular weight excluding hydrogens is 892 g/mol. The Morgan fingerprint density at radius 1 is 0.873 bits per heavy atom. The van der Waals surface area contributed by atoms with Gasteiger partial charge in [0, 0.05) is 43.7 Å². The van der Waals surface area contributed by atoms with E-state index in [1.54, 1.807) is 18.2 Å². The first-order valence-electron chi connectivity index (χ1n) is 19.9. The molecule has 0 atom stereocenters. The van der Waals surface area contributed by atoms with E-state index in [0.29, 0.717) is 11.4 Å². The van der Waals surface area contributed by atoms with E-state index in [1.165, 1.54) is 39.6 Å². The average molecular weight is 937 g/mol. The molecule has 5 aromatic carbocycles. The predicted octanol–water partition coefficient (Wildman–Crippen LogP) is 12.1. The number of hydrogen-bond donors (Lipinski definition) is 0. The summed E-state index contributed by atoms with van der Waals surface area (Å²) < 4.78 is 47.9. The van der Waals surface area contributed by atoms with Crippen LogP contribution in [0.2, 0.25) is 19.6 Å². The molecule has 4 heterocycles. The van der Waals surface area contributed by atoms with Gasteiger partial charge in [-0.1, -0.05) is 118 Å². The van der Waals surface area contributed by atoms with Crippen LogP contribution in [0.15, 0.2) is 121 Å². The van der Waals surface area contributed by atoms with E-state index in [4.69, 9.17) is 10.5 Å². The van der Waals surface area contributed by atoms with E-state index in [-0.39, 0.29) is 25.7 Å². The van der Waals surface area contributed by atoms with Gasteiger partial charge in [-0.2, -0.15) is 15.7 Å². The monoisotopic (exact) mass is 937 g/mol. The summed E-state index contributed by atoms with van der Waals surface area (Å²) in [6, 6.07) is 43.6. The first-order valence-corrected chi connectivity index (χ1v) is 22.2. The van der Waals surface area contributed by atoms with Gasteiger partial charge in [0.25, 0.3) is 0 Å². The van der Waals surface area contributed by atoms with Crippen LogP contribution in [-0.2, 0) is 26.7 Å². The second kappa shape index (κ2) is 15.7. The third-order valence-corrected chi connectivity index (χ3v) is 12.8. The first-order chi connectivity index (χ1) is 27.5. The van der Waals surface area contributed by atoms with E-state index in [1.807, 2.05) is 50.4 Å². The molecular formula is C47H41FIrN4SSi-2. The number of benzene rings is 5. The van der Waals surface area contributed by atoms with Crippen LogP contribution >= 0.6 is 11.3 Å². The summed E-state index contributed by atoms with van der Waals surface area (Å²) in [6.45, 7) is 9.07. The van der Waals surface area contributed by atoms with Crippen LogP contribution in [0.25, 0.3) is 64.8 Å². The Kier molecular flexibility index (Phi) is 9.57. The molecule has 9 rings (SSSR count). The van der Waals surface area contributed by atoms with E-state index >= 15 is 0 Å². The number of rotatable bonds is 6. The third kappa shape index (κ3) is 7.83. The summed E-state index contributed by atoms with van der Waals surface area (Å²) in [5.41, 5.74) is 6.86. The van der Waals surface area contributed by atoms with E-state index < -0.39 is 26.8 Å². The van der Waals surface area contributed by atoms with Gasteiger partial charge in [0.2, 0.25) is 5.95 Å². The van der Waals surface area contributed by atoms with Gasteiger partial charge in [-0.05, 0) is 62.1 Å². The van der Waals surface area contributed by atoms with Crippen molar-refractivity contribution in [3.05, 3.63) is 156 Å². The number of pyridine rings is 2. The van der Waals surface area contributed by atoms with Gasteiger partial charge in [-0.3, -0.25) is 4.98 Å². The molecule has 0 aliphatic rings. The van der Waals surface area contributed by atoms with Crippen LogP contribution in [0.4, 0.5) is 4.39 Å². The Morgan fingerprint density at radius 3 is 2.35 bits per heavy atom. The van der Waals surface area contributed by atoms with Crippen LogP contribution in [0.5, 0.6) is 0 Å². The van der Waals surface area contributed by atoms with Gasteiger partial charge < -0.3 is 9.55 Å². The number of nitrogens with zero attached hydrogens (tertiary/aromatic N) is 4. The third-order valence-electron chi connectivity index (χ3n) is 9.63. The van der Waals surface area contributed by atoms with Crippen molar-refractivity contribution >= 4 is 66.7 Å². The molecule has 0 fully saturated rings. The quantitative estimate of drug-likeness (QED) is 0.0948. The van der Waals surface area contributed by atoms with Gasteiger partial charge in [-0.15, -0.1) is 53.6 Å². The molecule has 0 N–H and O–H groups in total. The van der Waals surface area contributed by atoms with Gasteiger partial charge in [0.15, 0.2) is 0 Å². The number of halogens is 1. The zero-order valence-electron chi connectivity index (χ0n) is 35.2. The number of aromatic nitrogens is 4. The number of hydrogen-bond acceptors (Lipinski definition) is 4. The van der Waals surface area contributed by atoms with Crippen molar-refractivity contribution < 1.29 is 30.0 Å². The Bertz CT molecular complexity index is 2950. The normalized spacial score (nSPS) is 13.1. The number of imidazole rings is 1. The van der Waals surface area contributed by atoms with Crippen LogP contribution in [-0.4, -0.2) is 27.6 Å². The number of aryl methyl sites for hydroxylation is 1. The molecule has 0 amide bonds. The van der Waals surface area contributed by atoms with Crippen molar-refractivity contribution in [1.82, 2.24) is 19.5 Å². The summed E-state index contributed by atoms with van der Waals surface area (Å²) in [4.78, 5) is 14.5. The Balaban J connectivity index is 0.000000188. The summed E-state index contributed by atoms with van der Waals surface area (Å²) >= 11 is 1.49. The second-order valence-corrected chi connectivity index (χ2v) is 20.8. The Labute approximate surface area is 346 Å². The van der Waals surface area contributed by atoms with Gasteiger partial charge in [0.05, 0.1) is 24.9 Å². The minimum Gasteiger partial charge on any atom is -0.360 e. The van der Waals surface area contributed by atoms with Crippen LogP contribution in [0.3, 0.4) is 0 Å². The molecule has 8 heteroatoms. The minimum atomic E-state index is -2.13. The standard InChI is InChI=1S/C29H17FN3S.C18H24NSi.Ir/c30-26-14-13-22-21-11-6-12-23(27(21)34-29(22)32-26)28-31-24-15-19-9-4-5-10-20(19)16-25(24)33(28)17-18-7-2-1-3-8-18;1-13(2)16-11-17(15-9-7-14(3)8-10-15)19-12-18(16)20(4,5)6;/h1-11,13-16H,17H2;7-9,11-13H,1-6H3;/q2*-1;/i;3D3,13D;. The summed E-state index contributed by atoms with van der Waals surface area (Å²) in [6.07, 6.45) is 1.89. The molecule has 0 aliphatic heterocycles. The van der Waals surface area contributed by atoms with Crippen molar-refractivity contribution in [2.45, 2.75) is 52.8 Å². The SMILES string of the molecule is Fc1ccc2c(n1)sc1c(-c3nc4cc5ccccc5cc4n3Cc3ccccc3)[c-]ccc12.[2H]C([2H])([2H])c1c[c-]c(-c2cc(C([2H])(C)C)c([Si](C)(C)C)cn2)cc1.[Ir]. The predicted molar refractivity (Wildman–Crippen MR) is 228 cm³/mol. The average Bonchev–Trinajstić information content (AvgIpc) is 3.73. The maximum absolute atomic E-state index is 13.8. The van der Waals surface area contributed by atoms with Crippen molar-refractivity contribution in [2.75, 3.05) is 0 Å². The fourth-order valence-electron chi connectivity index (χ4n) is 6.89. The second-order valence-electron chi connectivity index (χ2n) is 14.7. The minimum absolute atomic E-state index is 0. The molecule has 4 nitrogen and oxygen atoms in total. The van der Waals surface area contributed by atoms with Gasteiger partial charge >= 0.3 is 0 Å². The smallest absolute Gasteiger partial charge is 0.214 e. The number of thiophene rings is 1. The van der Waals surface area contributed by atoms with Crippen LogP contribution < -0.4 is 5.19 Å². The summed E-state index contributed by atoms with van der Waals surface area (Å²) in [5.74, 6) is -0.328. The van der Waals surface area contributed by atoms with Crippen LogP contribution in [0.1, 0.15) is 41.9 Å². The Hall–Kier alpha value is -4.85. The molecule has 0 bridgehead atoms. The maximum Gasteiger partial charge on any atom is 0.214 e. The molecule has 277 valence electrons. The van der Waals surface area contributed by atoms with Crippen molar-refractivity contribution in [3.63, 3.8) is 0 Å². The van der Waals surface area contributed by atoms with E-state index in [2.05, 4.69) is 101 Å². The molecule has 9 aromatic rings. The van der Waals surface area contributed by atoms with Crippen LogP contribution in [0, 0.1) is 24.9 Å². The first kappa shape index (κ1) is 33.5. The molecule has 0 unspecified atom stereocenters. The van der Waals surface area contributed by atoms with Gasteiger partial charge in [-0.25, -0.2) is 4.98 Å². The zero-order valence-corrected chi connectivity index (χ0v) is 35.4. The fraction of sp³-hybridized carbons (Fsp3) is 0.170. The van der Waals surface area contributed by atoms with E-state index in [9.17, 15) is 4.39 Å². The molecule has 1 radical (unpaired) electrons. The maximum atomic E-state index is 13.8.